The van der Waals surface area contributed by atoms with Crippen LogP contribution in [0.4, 0.5) is 0 Å². The van der Waals surface area contributed by atoms with Gasteiger partial charge in [0, 0.05) is 16.5 Å². The third kappa shape index (κ3) is 1.83. The summed E-state index contributed by atoms with van der Waals surface area (Å²) < 4.78 is 1.86. The Hall–Kier alpha value is -0.800. The highest BCUT2D eigenvalue weighted by Gasteiger charge is 2.03. The summed E-state index contributed by atoms with van der Waals surface area (Å²) in [5, 5.41) is 5.72. The van der Waals surface area contributed by atoms with E-state index in [1.54, 1.807) is 6.20 Å². The van der Waals surface area contributed by atoms with Gasteiger partial charge in [0.05, 0.1) is 11.4 Å². The smallest absolute Gasteiger partial charge is 0.0663 e. The summed E-state index contributed by atoms with van der Waals surface area (Å²) in [4.78, 5) is 0. The minimum Gasteiger partial charge on any atom is -0.237 e. The van der Waals surface area contributed by atoms with Crippen molar-refractivity contribution in [2.45, 2.75) is 5.33 Å². The van der Waals surface area contributed by atoms with Crippen LogP contribution in [0.25, 0.3) is 5.69 Å². The molecule has 0 atom stereocenters. The van der Waals surface area contributed by atoms with E-state index in [2.05, 4.69) is 21.0 Å². The maximum atomic E-state index is 5.90. The molecule has 0 amide bonds. The van der Waals surface area contributed by atoms with Crippen LogP contribution < -0.4 is 0 Å². The summed E-state index contributed by atoms with van der Waals surface area (Å²) in [5.41, 5.74) is 2.09. The first-order valence-corrected chi connectivity index (χ1v) is 5.66. The maximum absolute atomic E-state index is 5.90. The second-order valence-corrected chi connectivity index (χ2v) is 3.85. The Balaban J connectivity index is 2.49. The number of rotatable bonds is 2. The lowest BCUT2D eigenvalue weighted by Crippen LogP contribution is -1.99. The molecule has 1 aromatic heterocycles. The molecule has 0 aliphatic rings. The van der Waals surface area contributed by atoms with Crippen LogP contribution in [0, 0.1) is 0 Å². The first kappa shape index (κ1) is 9.74. The lowest BCUT2D eigenvalue weighted by Gasteiger charge is -2.05. The van der Waals surface area contributed by atoms with Gasteiger partial charge in [0.25, 0.3) is 0 Å². The second-order valence-electron chi connectivity index (χ2n) is 2.85. The number of benzene rings is 1. The summed E-state index contributed by atoms with van der Waals surface area (Å²) in [7, 11) is 0. The fourth-order valence-corrected chi connectivity index (χ4v) is 1.88. The molecule has 1 aromatic carbocycles. The van der Waals surface area contributed by atoms with Gasteiger partial charge in [0.1, 0.15) is 0 Å². The van der Waals surface area contributed by atoms with E-state index in [4.69, 9.17) is 11.6 Å². The molecule has 0 radical (unpaired) electrons. The monoisotopic (exact) mass is 270 g/mol. The number of halogens is 2. The molecule has 0 saturated heterocycles. The Kier molecular flexibility index (Phi) is 2.89. The maximum Gasteiger partial charge on any atom is 0.0663 e. The van der Waals surface area contributed by atoms with Crippen LogP contribution in [0.1, 0.15) is 5.69 Å². The Morgan fingerprint density at radius 3 is 2.93 bits per heavy atom. The van der Waals surface area contributed by atoms with Crippen LogP contribution in [0.2, 0.25) is 5.02 Å². The lowest BCUT2D eigenvalue weighted by molar-refractivity contribution is 0.843. The van der Waals surface area contributed by atoms with Crippen LogP contribution >= 0.6 is 27.5 Å². The number of nitrogens with zero attached hydrogens (tertiary/aromatic N) is 2. The van der Waals surface area contributed by atoms with Gasteiger partial charge in [0.2, 0.25) is 0 Å². The van der Waals surface area contributed by atoms with Crippen molar-refractivity contribution in [3.8, 4) is 5.69 Å². The van der Waals surface area contributed by atoms with E-state index in [0.29, 0.717) is 0 Å². The Bertz CT molecular complexity index is 439. The fraction of sp³-hybridized carbons (Fsp3) is 0.100. The van der Waals surface area contributed by atoms with E-state index in [1.807, 2.05) is 35.0 Å². The first-order chi connectivity index (χ1) is 6.81. The predicted octanol–water partition coefficient (Wildman–Crippen LogP) is 3.42. The third-order valence-corrected chi connectivity index (χ3v) is 2.72. The molecule has 4 heteroatoms. The zero-order valence-corrected chi connectivity index (χ0v) is 9.66. The van der Waals surface area contributed by atoms with Crippen molar-refractivity contribution >= 4 is 27.5 Å². The number of hydrogen-bond donors (Lipinski definition) is 0. The zero-order chi connectivity index (χ0) is 9.97. The van der Waals surface area contributed by atoms with Gasteiger partial charge < -0.3 is 0 Å². The van der Waals surface area contributed by atoms with Crippen molar-refractivity contribution in [3.05, 3.63) is 47.2 Å². The molecule has 2 aromatic rings. The van der Waals surface area contributed by atoms with Crippen molar-refractivity contribution in [1.29, 1.82) is 0 Å². The number of alkyl halides is 1. The SMILES string of the molecule is Clc1cccc(-n2nccc2CBr)c1. The summed E-state index contributed by atoms with van der Waals surface area (Å²) in [6.45, 7) is 0. The number of aromatic nitrogens is 2. The van der Waals surface area contributed by atoms with Crippen molar-refractivity contribution in [2.24, 2.45) is 0 Å². The molecule has 1 heterocycles. The lowest BCUT2D eigenvalue weighted by atomic mass is 10.3. The van der Waals surface area contributed by atoms with Gasteiger partial charge in [-0.3, -0.25) is 0 Å². The van der Waals surface area contributed by atoms with Crippen molar-refractivity contribution in [3.63, 3.8) is 0 Å². The largest absolute Gasteiger partial charge is 0.237 e. The van der Waals surface area contributed by atoms with Gasteiger partial charge in [-0.1, -0.05) is 33.6 Å². The highest BCUT2D eigenvalue weighted by Crippen LogP contribution is 2.16. The van der Waals surface area contributed by atoms with E-state index in [9.17, 15) is 0 Å². The quantitative estimate of drug-likeness (QED) is 0.765. The Labute approximate surface area is 95.6 Å². The average Bonchev–Trinajstić information content (AvgIpc) is 2.65. The van der Waals surface area contributed by atoms with Gasteiger partial charge in [-0.05, 0) is 24.3 Å². The summed E-state index contributed by atoms with van der Waals surface area (Å²) >= 11 is 9.31. The highest BCUT2D eigenvalue weighted by molar-refractivity contribution is 9.08. The summed E-state index contributed by atoms with van der Waals surface area (Å²) in [6, 6.07) is 9.60. The average molecular weight is 272 g/mol. The van der Waals surface area contributed by atoms with Crippen LogP contribution in [0.5, 0.6) is 0 Å². The van der Waals surface area contributed by atoms with E-state index in [1.165, 1.54) is 0 Å². The van der Waals surface area contributed by atoms with Gasteiger partial charge >= 0.3 is 0 Å². The number of hydrogen-bond acceptors (Lipinski definition) is 1. The van der Waals surface area contributed by atoms with Crippen molar-refractivity contribution < 1.29 is 0 Å². The standard InChI is InChI=1S/C10H8BrClN2/c11-7-10-4-5-13-14(10)9-3-1-2-8(12)6-9/h1-6H,7H2. The molecule has 0 spiro atoms. The second kappa shape index (κ2) is 4.15. The molecule has 2 nitrogen and oxygen atoms in total. The summed E-state index contributed by atoms with van der Waals surface area (Å²) in [6.07, 6.45) is 1.78. The van der Waals surface area contributed by atoms with Gasteiger partial charge in [-0.15, -0.1) is 0 Å². The first-order valence-electron chi connectivity index (χ1n) is 4.16. The third-order valence-electron chi connectivity index (χ3n) is 1.91. The van der Waals surface area contributed by atoms with E-state index in [-0.39, 0.29) is 0 Å². The van der Waals surface area contributed by atoms with Crippen LogP contribution in [0.3, 0.4) is 0 Å². The van der Waals surface area contributed by atoms with Crippen LogP contribution in [-0.4, -0.2) is 9.78 Å². The normalized spacial score (nSPS) is 10.4. The van der Waals surface area contributed by atoms with E-state index < -0.39 is 0 Å². The molecule has 0 bridgehead atoms. The van der Waals surface area contributed by atoms with Gasteiger partial charge in [-0.2, -0.15) is 5.10 Å². The molecular formula is C10H8BrClN2. The van der Waals surface area contributed by atoms with Crippen molar-refractivity contribution in [1.82, 2.24) is 9.78 Å². The fourth-order valence-electron chi connectivity index (χ4n) is 1.27. The molecule has 72 valence electrons. The van der Waals surface area contributed by atoms with E-state index >= 15 is 0 Å². The van der Waals surface area contributed by atoms with Gasteiger partial charge in [-0.25, -0.2) is 4.68 Å². The molecule has 2 rings (SSSR count). The Morgan fingerprint density at radius 2 is 2.21 bits per heavy atom. The molecule has 0 unspecified atom stereocenters. The van der Waals surface area contributed by atoms with Gasteiger partial charge in [0.15, 0.2) is 0 Å². The van der Waals surface area contributed by atoms with Crippen LogP contribution in [-0.2, 0) is 5.33 Å². The molecule has 0 N–H and O–H groups in total. The molecule has 0 fully saturated rings. The minimum atomic E-state index is 0.721. The topological polar surface area (TPSA) is 17.8 Å². The van der Waals surface area contributed by atoms with Crippen molar-refractivity contribution in [2.75, 3.05) is 0 Å². The minimum absolute atomic E-state index is 0.721. The Morgan fingerprint density at radius 1 is 1.36 bits per heavy atom. The molecule has 0 saturated carbocycles. The molecule has 0 aliphatic carbocycles. The predicted molar refractivity (Wildman–Crippen MR) is 61.2 cm³/mol. The molecule has 0 aliphatic heterocycles. The molecule has 14 heavy (non-hydrogen) atoms. The van der Waals surface area contributed by atoms with E-state index in [0.717, 1.165) is 21.7 Å². The summed E-state index contributed by atoms with van der Waals surface area (Å²) in [5.74, 6) is 0. The molecular weight excluding hydrogens is 263 g/mol. The van der Waals surface area contributed by atoms with Crippen LogP contribution in [0.15, 0.2) is 36.5 Å². The highest BCUT2D eigenvalue weighted by atomic mass is 79.9. The zero-order valence-electron chi connectivity index (χ0n) is 7.32.